The molecule has 26 heavy (non-hydrogen) atoms. The van der Waals surface area contributed by atoms with Crippen molar-refractivity contribution in [3.63, 3.8) is 0 Å². The molecule has 0 fully saturated rings. The van der Waals surface area contributed by atoms with Crippen LogP contribution in [0, 0.1) is 0 Å². The van der Waals surface area contributed by atoms with E-state index in [0.29, 0.717) is 22.0 Å². The zero-order valence-electron chi connectivity index (χ0n) is 13.4. The number of hydrogen-bond donors (Lipinski definition) is 2. The fourth-order valence-corrected chi connectivity index (χ4v) is 3.55. The van der Waals surface area contributed by atoms with Crippen LogP contribution < -0.4 is 5.32 Å². The van der Waals surface area contributed by atoms with E-state index in [1.807, 2.05) is 24.3 Å². The fraction of sp³-hybridized carbons (Fsp3) is 0. The van der Waals surface area contributed by atoms with Crippen molar-refractivity contribution < 1.29 is 19.1 Å². The Labute approximate surface area is 153 Å². The molecule has 1 amide bonds. The number of aromatic carboxylic acids is 1. The molecular formula is C20H13NO4S. The van der Waals surface area contributed by atoms with Crippen molar-refractivity contribution in [2.45, 2.75) is 4.90 Å². The Bertz CT molecular complexity index is 1050. The summed E-state index contributed by atoms with van der Waals surface area (Å²) in [6.45, 7) is 0. The number of hydrogen-bond acceptors (Lipinski definition) is 4. The van der Waals surface area contributed by atoms with E-state index >= 15 is 0 Å². The predicted octanol–water partition coefficient (Wildman–Crippen LogP) is 4.73. The summed E-state index contributed by atoms with van der Waals surface area (Å²) < 4.78 is 5.78. The number of carboxylic acid groups (broad SMARTS) is 1. The molecule has 0 aliphatic carbocycles. The van der Waals surface area contributed by atoms with Crippen molar-refractivity contribution in [1.29, 1.82) is 0 Å². The molecule has 1 aromatic heterocycles. The summed E-state index contributed by atoms with van der Waals surface area (Å²) in [5, 5.41) is 12.0. The number of anilines is 1. The number of carbonyl (C=O) groups excluding carboxylic acids is 1. The molecule has 2 heterocycles. The van der Waals surface area contributed by atoms with Gasteiger partial charge in [0.05, 0.1) is 16.2 Å². The van der Waals surface area contributed by atoms with Crippen molar-refractivity contribution >= 4 is 35.4 Å². The number of carbonyl (C=O) groups is 2. The van der Waals surface area contributed by atoms with Crippen LogP contribution in [0.2, 0.25) is 0 Å². The van der Waals surface area contributed by atoms with Crippen LogP contribution in [-0.2, 0) is 4.79 Å². The minimum Gasteiger partial charge on any atom is -0.478 e. The predicted molar refractivity (Wildman–Crippen MR) is 100 cm³/mol. The third-order valence-electron chi connectivity index (χ3n) is 3.87. The summed E-state index contributed by atoms with van der Waals surface area (Å²) in [6, 6.07) is 17.6. The summed E-state index contributed by atoms with van der Waals surface area (Å²) in [6.07, 6.45) is 1.68. The summed E-state index contributed by atoms with van der Waals surface area (Å²) in [5.41, 5.74) is 1.66. The highest BCUT2D eigenvalue weighted by molar-refractivity contribution is 8.04. The minimum atomic E-state index is -0.991. The molecule has 0 bridgehead atoms. The van der Waals surface area contributed by atoms with Crippen LogP contribution in [0.1, 0.15) is 16.1 Å². The van der Waals surface area contributed by atoms with Gasteiger partial charge in [-0.2, -0.15) is 0 Å². The molecule has 2 N–H and O–H groups in total. The van der Waals surface area contributed by atoms with Crippen molar-refractivity contribution in [3.8, 4) is 11.3 Å². The van der Waals surface area contributed by atoms with Gasteiger partial charge in [0.25, 0.3) is 5.91 Å². The maximum Gasteiger partial charge on any atom is 0.335 e. The Kier molecular flexibility index (Phi) is 4.10. The van der Waals surface area contributed by atoms with Crippen LogP contribution >= 0.6 is 11.8 Å². The number of nitrogens with one attached hydrogen (secondary N) is 1. The number of fused-ring (bicyclic) bond motifs is 1. The molecule has 0 atom stereocenters. The van der Waals surface area contributed by atoms with Gasteiger partial charge < -0.3 is 14.8 Å². The van der Waals surface area contributed by atoms with Gasteiger partial charge in [0, 0.05) is 16.5 Å². The number of carboxylic acids is 1. The number of furan rings is 1. The largest absolute Gasteiger partial charge is 0.478 e. The first-order valence-corrected chi connectivity index (χ1v) is 8.65. The SMILES string of the molecule is O=C1Nc2ccccc2S/C1=C\c1ccc(-c2cccc(C(=O)O)c2)o1. The van der Waals surface area contributed by atoms with Gasteiger partial charge in [-0.05, 0) is 36.4 Å². The summed E-state index contributed by atoms with van der Waals surface area (Å²) >= 11 is 1.38. The monoisotopic (exact) mass is 363 g/mol. The molecule has 4 rings (SSSR count). The van der Waals surface area contributed by atoms with E-state index in [1.165, 1.54) is 17.8 Å². The smallest absolute Gasteiger partial charge is 0.335 e. The van der Waals surface area contributed by atoms with Crippen molar-refractivity contribution in [3.05, 3.63) is 76.9 Å². The molecule has 0 saturated heterocycles. The average molecular weight is 363 g/mol. The third-order valence-corrected chi connectivity index (χ3v) is 4.97. The summed E-state index contributed by atoms with van der Waals surface area (Å²) in [5.74, 6) is -0.103. The van der Waals surface area contributed by atoms with Crippen LogP contribution in [0.4, 0.5) is 5.69 Å². The van der Waals surface area contributed by atoms with Gasteiger partial charge >= 0.3 is 5.97 Å². The average Bonchev–Trinajstić information content (AvgIpc) is 3.11. The van der Waals surface area contributed by atoms with E-state index in [0.717, 1.165) is 10.6 Å². The lowest BCUT2D eigenvalue weighted by molar-refractivity contribution is -0.112. The van der Waals surface area contributed by atoms with Gasteiger partial charge in [-0.25, -0.2) is 4.79 Å². The Morgan fingerprint density at radius 2 is 1.92 bits per heavy atom. The van der Waals surface area contributed by atoms with E-state index in [4.69, 9.17) is 9.52 Å². The Morgan fingerprint density at radius 1 is 1.08 bits per heavy atom. The van der Waals surface area contributed by atoms with Gasteiger partial charge in [0.15, 0.2) is 0 Å². The van der Waals surface area contributed by atoms with E-state index in [9.17, 15) is 9.59 Å². The Morgan fingerprint density at radius 3 is 2.77 bits per heavy atom. The van der Waals surface area contributed by atoms with Crippen LogP contribution in [-0.4, -0.2) is 17.0 Å². The topological polar surface area (TPSA) is 79.5 Å². The van der Waals surface area contributed by atoms with E-state index in [-0.39, 0.29) is 11.5 Å². The van der Waals surface area contributed by atoms with Gasteiger partial charge in [0.2, 0.25) is 0 Å². The first-order chi connectivity index (χ1) is 12.6. The standard InChI is InChI=1S/C20H13NO4S/c22-19-18(26-17-7-2-1-6-15(17)21-19)11-14-8-9-16(25-14)12-4-3-5-13(10-12)20(23)24/h1-11H,(H,21,22)(H,23,24)/b18-11-. The maximum atomic E-state index is 12.3. The molecule has 5 nitrogen and oxygen atoms in total. The minimum absolute atomic E-state index is 0.181. The summed E-state index contributed by atoms with van der Waals surface area (Å²) in [4.78, 5) is 24.9. The Balaban J connectivity index is 1.63. The van der Waals surface area contributed by atoms with Crippen molar-refractivity contribution in [2.24, 2.45) is 0 Å². The molecule has 6 heteroatoms. The fourth-order valence-electron chi connectivity index (χ4n) is 2.62. The molecular weight excluding hydrogens is 350 g/mol. The van der Waals surface area contributed by atoms with Crippen LogP contribution in [0.5, 0.6) is 0 Å². The highest BCUT2D eigenvalue weighted by Gasteiger charge is 2.21. The maximum absolute atomic E-state index is 12.3. The third kappa shape index (κ3) is 3.14. The van der Waals surface area contributed by atoms with Gasteiger partial charge in [-0.1, -0.05) is 36.0 Å². The van der Waals surface area contributed by atoms with Gasteiger partial charge in [-0.15, -0.1) is 0 Å². The number of benzene rings is 2. The second-order valence-electron chi connectivity index (χ2n) is 5.65. The van der Waals surface area contributed by atoms with Gasteiger partial charge in [-0.3, -0.25) is 4.79 Å². The van der Waals surface area contributed by atoms with Crippen molar-refractivity contribution in [1.82, 2.24) is 0 Å². The van der Waals surface area contributed by atoms with Crippen LogP contribution in [0.25, 0.3) is 17.4 Å². The van der Waals surface area contributed by atoms with E-state index in [2.05, 4.69) is 5.32 Å². The van der Waals surface area contributed by atoms with Crippen LogP contribution in [0.15, 0.2) is 74.9 Å². The second kappa shape index (κ2) is 6.57. The number of amides is 1. The number of rotatable bonds is 3. The molecule has 0 spiro atoms. The number of thioether (sulfide) groups is 1. The zero-order valence-corrected chi connectivity index (χ0v) is 14.2. The first-order valence-electron chi connectivity index (χ1n) is 7.84. The normalized spacial score (nSPS) is 14.8. The highest BCUT2D eigenvalue weighted by Crippen LogP contribution is 2.38. The molecule has 1 aliphatic heterocycles. The lowest BCUT2D eigenvalue weighted by Crippen LogP contribution is -2.16. The van der Waals surface area contributed by atoms with Crippen LogP contribution in [0.3, 0.4) is 0 Å². The highest BCUT2D eigenvalue weighted by atomic mass is 32.2. The molecule has 128 valence electrons. The lowest BCUT2D eigenvalue weighted by Gasteiger charge is -2.17. The molecule has 1 aliphatic rings. The quantitative estimate of drug-likeness (QED) is 0.658. The van der Waals surface area contributed by atoms with Gasteiger partial charge in [0.1, 0.15) is 11.5 Å². The molecule has 0 saturated carbocycles. The van der Waals surface area contributed by atoms with E-state index < -0.39 is 5.97 Å². The molecule has 2 aromatic carbocycles. The molecule has 0 unspecified atom stereocenters. The van der Waals surface area contributed by atoms with Crippen molar-refractivity contribution in [2.75, 3.05) is 5.32 Å². The second-order valence-corrected chi connectivity index (χ2v) is 6.73. The number of para-hydroxylation sites is 1. The molecule has 0 radical (unpaired) electrons. The first kappa shape index (κ1) is 16.2. The van der Waals surface area contributed by atoms with E-state index in [1.54, 1.807) is 36.4 Å². The zero-order chi connectivity index (χ0) is 18.1. The lowest BCUT2D eigenvalue weighted by atomic mass is 10.1. The molecule has 3 aromatic rings. The summed E-state index contributed by atoms with van der Waals surface area (Å²) in [7, 11) is 0. The Hall–Kier alpha value is -3.25.